The van der Waals surface area contributed by atoms with Crippen LogP contribution in [0.3, 0.4) is 0 Å². The van der Waals surface area contributed by atoms with Crippen LogP contribution in [0.1, 0.15) is 28.8 Å². The highest BCUT2D eigenvalue weighted by Crippen LogP contribution is 2.27. The Morgan fingerprint density at radius 3 is 2.60 bits per heavy atom. The van der Waals surface area contributed by atoms with E-state index in [9.17, 15) is 4.79 Å². The van der Waals surface area contributed by atoms with Crippen LogP contribution < -0.4 is 0 Å². The van der Waals surface area contributed by atoms with Crippen LogP contribution in [-0.4, -0.2) is 28.9 Å². The van der Waals surface area contributed by atoms with Crippen LogP contribution in [-0.2, 0) is 6.42 Å². The summed E-state index contributed by atoms with van der Waals surface area (Å²) in [5.74, 6) is 0.672. The molecular weight excluding hydrogens is 332 g/mol. The molecule has 2 heterocycles. The first-order chi connectivity index (χ1) is 12.2. The molecule has 1 amide bonds. The molecule has 4 heteroatoms. The maximum atomic E-state index is 12.7. The van der Waals surface area contributed by atoms with Crippen LogP contribution in [0, 0.1) is 5.92 Å². The molecule has 0 aliphatic carbocycles. The normalized spacial score (nSPS) is 15.6. The maximum absolute atomic E-state index is 12.7. The van der Waals surface area contributed by atoms with E-state index in [0.717, 1.165) is 32.4 Å². The van der Waals surface area contributed by atoms with Gasteiger partial charge in [0, 0.05) is 30.2 Å². The second-order valence-electron chi connectivity index (χ2n) is 6.78. The van der Waals surface area contributed by atoms with Crippen molar-refractivity contribution >= 4 is 28.4 Å². The van der Waals surface area contributed by atoms with Crippen LogP contribution >= 0.6 is 11.6 Å². The molecular formula is C21H21ClN2O. The molecule has 0 radical (unpaired) electrons. The first kappa shape index (κ1) is 16.2. The van der Waals surface area contributed by atoms with Gasteiger partial charge in [0.2, 0.25) is 0 Å². The second kappa shape index (κ2) is 6.93. The second-order valence-corrected chi connectivity index (χ2v) is 7.19. The summed E-state index contributed by atoms with van der Waals surface area (Å²) in [5.41, 5.74) is 3.19. The van der Waals surface area contributed by atoms with Gasteiger partial charge >= 0.3 is 0 Å². The summed E-state index contributed by atoms with van der Waals surface area (Å²) in [5, 5.41) is 1.85. The Hall–Kier alpha value is -2.26. The van der Waals surface area contributed by atoms with Crippen molar-refractivity contribution in [2.75, 3.05) is 13.1 Å². The zero-order valence-electron chi connectivity index (χ0n) is 14.0. The Morgan fingerprint density at radius 2 is 1.80 bits per heavy atom. The molecule has 0 unspecified atom stereocenters. The molecule has 1 saturated heterocycles. The molecule has 4 rings (SSSR count). The van der Waals surface area contributed by atoms with Crippen LogP contribution in [0.25, 0.3) is 10.9 Å². The number of carbonyl (C=O) groups is 1. The number of fused-ring (bicyclic) bond motifs is 1. The Morgan fingerprint density at radius 1 is 1.08 bits per heavy atom. The van der Waals surface area contributed by atoms with E-state index >= 15 is 0 Å². The van der Waals surface area contributed by atoms with Gasteiger partial charge in [0.15, 0.2) is 0 Å². The molecule has 3 nitrogen and oxygen atoms in total. The minimum absolute atomic E-state index is 0.0520. The Balaban J connectivity index is 1.40. The van der Waals surface area contributed by atoms with Gasteiger partial charge in [0.25, 0.3) is 5.91 Å². The first-order valence-corrected chi connectivity index (χ1v) is 9.19. The molecule has 2 aromatic carbocycles. The third kappa shape index (κ3) is 3.29. The van der Waals surface area contributed by atoms with Crippen molar-refractivity contribution in [1.29, 1.82) is 0 Å². The maximum Gasteiger partial charge on any atom is 0.255 e. The zero-order chi connectivity index (χ0) is 17.2. The van der Waals surface area contributed by atoms with E-state index < -0.39 is 0 Å². The number of H-pyrrole nitrogens is 1. The molecule has 1 N–H and O–H groups in total. The van der Waals surface area contributed by atoms with Crippen LogP contribution in [0.5, 0.6) is 0 Å². The lowest BCUT2D eigenvalue weighted by Crippen LogP contribution is -2.39. The van der Waals surface area contributed by atoms with Crippen LogP contribution in [0.2, 0.25) is 5.02 Å². The third-order valence-electron chi connectivity index (χ3n) is 5.19. The van der Waals surface area contributed by atoms with Gasteiger partial charge in [-0.2, -0.15) is 0 Å². The number of likely N-dealkylation sites (tertiary alicyclic amines) is 1. The summed E-state index contributed by atoms with van der Waals surface area (Å²) in [4.78, 5) is 17.9. The van der Waals surface area contributed by atoms with Gasteiger partial charge in [-0.1, -0.05) is 41.9 Å². The highest BCUT2D eigenvalue weighted by atomic mass is 35.5. The highest BCUT2D eigenvalue weighted by Gasteiger charge is 2.25. The summed E-state index contributed by atoms with van der Waals surface area (Å²) in [6.45, 7) is 1.61. The number of para-hydroxylation sites is 1. The predicted octanol–water partition coefficient (Wildman–Crippen LogP) is 4.92. The van der Waals surface area contributed by atoms with Crippen molar-refractivity contribution in [3.8, 4) is 0 Å². The lowest BCUT2D eigenvalue weighted by molar-refractivity contribution is 0.0691. The lowest BCUT2D eigenvalue weighted by Gasteiger charge is -2.32. The molecule has 0 spiro atoms. The minimum Gasteiger partial charge on any atom is -0.361 e. The molecule has 0 atom stereocenters. The number of nitrogens with zero attached hydrogens (tertiary/aromatic N) is 1. The van der Waals surface area contributed by atoms with E-state index in [0.29, 0.717) is 16.5 Å². The summed E-state index contributed by atoms with van der Waals surface area (Å²) < 4.78 is 0. The van der Waals surface area contributed by atoms with Gasteiger partial charge in [0.1, 0.15) is 0 Å². The summed E-state index contributed by atoms with van der Waals surface area (Å²) in [6, 6.07) is 15.7. The van der Waals surface area contributed by atoms with E-state index in [4.69, 9.17) is 11.6 Å². The van der Waals surface area contributed by atoms with E-state index in [-0.39, 0.29) is 5.91 Å². The highest BCUT2D eigenvalue weighted by molar-refractivity contribution is 6.33. The van der Waals surface area contributed by atoms with Gasteiger partial charge in [-0.15, -0.1) is 0 Å². The average molecular weight is 353 g/mol. The molecule has 128 valence electrons. The van der Waals surface area contributed by atoms with E-state index in [1.807, 2.05) is 23.1 Å². The lowest BCUT2D eigenvalue weighted by atomic mass is 9.90. The molecule has 1 aliphatic rings. The summed E-state index contributed by atoms with van der Waals surface area (Å²) in [6.07, 6.45) is 5.27. The number of benzene rings is 2. The third-order valence-corrected chi connectivity index (χ3v) is 5.52. The molecule has 3 aromatic rings. The number of halogens is 1. The molecule has 0 saturated carbocycles. The fraction of sp³-hybridized carbons (Fsp3) is 0.286. The number of piperidine rings is 1. The minimum atomic E-state index is 0.0520. The smallest absolute Gasteiger partial charge is 0.255 e. The van der Waals surface area contributed by atoms with Crippen molar-refractivity contribution in [2.45, 2.75) is 19.3 Å². The number of aromatic amines is 1. The van der Waals surface area contributed by atoms with Gasteiger partial charge in [-0.3, -0.25) is 4.79 Å². The van der Waals surface area contributed by atoms with Gasteiger partial charge in [0.05, 0.1) is 10.6 Å². The quantitative estimate of drug-likeness (QED) is 0.713. The van der Waals surface area contributed by atoms with E-state index in [1.165, 1.54) is 16.5 Å². The van der Waals surface area contributed by atoms with Gasteiger partial charge in [-0.05, 0) is 48.9 Å². The molecule has 0 bridgehead atoms. The number of nitrogens with one attached hydrogen (secondary N) is 1. The summed E-state index contributed by atoms with van der Waals surface area (Å²) in [7, 11) is 0. The predicted molar refractivity (Wildman–Crippen MR) is 102 cm³/mol. The number of amides is 1. The van der Waals surface area contributed by atoms with Gasteiger partial charge < -0.3 is 9.88 Å². The van der Waals surface area contributed by atoms with Gasteiger partial charge in [-0.25, -0.2) is 0 Å². The van der Waals surface area contributed by atoms with Crippen molar-refractivity contribution in [2.24, 2.45) is 5.92 Å². The van der Waals surface area contributed by atoms with Crippen molar-refractivity contribution < 1.29 is 4.79 Å². The van der Waals surface area contributed by atoms with E-state index in [1.54, 1.807) is 6.07 Å². The standard InChI is InChI=1S/C21H21ClN2O/c22-19-7-3-1-6-18(19)21(25)24-11-9-15(10-12-24)13-16-14-23-20-8-4-2-5-17(16)20/h1-8,14-15,23H,9-13H2. The Bertz CT molecular complexity index is 894. The largest absolute Gasteiger partial charge is 0.361 e. The van der Waals surface area contributed by atoms with Crippen LogP contribution in [0.15, 0.2) is 54.7 Å². The van der Waals surface area contributed by atoms with Crippen molar-refractivity contribution in [1.82, 2.24) is 9.88 Å². The van der Waals surface area contributed by atoms with Crippen LogP contribution in [0.4, 0.5) is 0 Å². The molecule has 25 heavy (non-hydrogen) atoms. The topological polar surface area (TPSA) is 36.1 Å². The number of aromatic nitrogens is 1. The number of rotatable bonds is 3. The van der Waals surface area contributed by atoms with E-state index in [2.05, 4.69) is 35.4 Å². The average Bonchev–Trinajstić information content (AvgIpc) is 3.05. The Labute approximate surface area is 152 Å². The fourth-order valence-electron chi connectivity index (χ4n) is 3.76. The number of hydrogen-bond acceptors (Lipinski definition) is 1. The zero-order valence-corrected chi connectivity index (χ0v) is 14.8. The fourth-order valence-corrected chi connectivity index (χ4v) is 3.97. The molecule has 1 fully saturated rings. The van der Waals surface area contributed by atoms with Crippen molar-refractivity contribution in [3.05, 3.63) is 70.9 Å². The number of carbonyl (C=O) groups excluding carboxylic acids is 1. The SMILES string of the molecule is O=C(c1ccccc1Cl)N1CCC(Cc2c[nH]c3ccccc23)CC1. The van der Waals surface area contributed by atoms with Crippen molar-refractivity contribution in [3.63, 3.8) is 0 Å². The Kier molecular flexibility index (Phi) is 4.50. The molecule has 1 aromatic heterocycles. The summed E-state index contributed by atoms with van der Waals surface area (Å²) >= 11 is 6.17. The number of hydrogen-bond donors (Lipinski definition) is 1. The monoisotopic (exact) mass is 352 g/mol. The first-order valence-electron chi connectivity index (χ1n) is 8.81. The molecule has 1 aliphatic heterocycles.